The summed E-state index contributed by atoms with van der Waals surface area (Å²) < 4.78 is 31.5. The SMILES string of the molecule is CNS(=O)(=O)Cc1ccccc1CNC(=O)C(C)Oc1cccc(C)c1. The molecule has 26 heavy (non-hydrogen) atoms. The number of aryl methyl sites for hydroxylation is 1. The molecule has 0 radical (unpaired) electrons. The Morgan fingerprint density at radius 1 is 1.12 bits per heavy atom. The van der Waals surface area contributed by atoms with Gasteiger partial charge in [-0.3, -0.25) is 4.79 Å². The van der Waals surface area contributed by atoms with Crippen LogP contribution in [0.5, 0.6) is 5.75 Å². The maximum absolute atomic E-state index is 12.3. The molecule has 1 unspecified atom stereocenters. The summed E-state index contributed by atoms with van der Waals surface area (Å²) in [6.45, 7) is 3.86. The van der Waals surface area contributed by atoms with Crippen LogP contribution in [0, 0.1) is 6.92 Å². The van der Waals surface area contributed by atoms with Crippen LogP contribution in [0.4, 0.5) is 0 Å². The Bertz CT molecular complexity index is 865. The highest BCUT2D eigenvalue weighted by molar-refractivity contribution is 7.88. The third kappa shape index (κ3) is 5.86. The van der Waals surface area contributed by atoms with Gasteiger partial charge in [0.25, 0.3) is 5.91 Å². The molecule has 0 aromatic heterocycles. The molecule has 6 nitrogen and oxygen atoms in total. The topological polar surface area (TPSA) is 84.5 Å². The van der Waals surface area contributed by atoms with Crippen LogP contribution >= 0.6 is 0 Å². The van der Waals surface area contributed by atoms with Crippen molar-refractivity contribution in [2.75, 3.05) is 7.05 Å². The first-order valence-electron chi connectivity index (χ1n) is 8.30. The summed E-state index contributed by atoms with van der Waals surface area (Å²) in [4.78, 5) is 12.3. The van der Waals surface area contributed by atoms with Crippen LogP contribution in [0.1, 0.15) is 23.6 Å². The molecule has 0 spiro atoms. The van der Waals surface area contributed by atoms with Gasteiger partial charge in [0, 0.05) is 6.54 Å². The van der Waals surface area contributed by atoms with Gasteiger partial charge < -0.3 is 10.1 Å². The molecule has 0 saturated heterocycles. The minimum Gasteiger partial charge on any atom is -0.481 e. The average molecular weight is 376 g/mol. The lowest BCUT2D eigenvalue weighted by Gasteiger charge is -2.16. The van der Waals surface area contributed by atoms with Gasteiger partial charge in [-0.15, -0.1) is 0 Å². The summed E-state index contributed by atoms with van der Waals surface area (Å²) in [5.41, 5.74) is 2.45. The Labute approximate surface area is 154 Å². The highest BCUT2D eigenvalue weighted by Crippen LogP contribution is 2.15. The molecule has 0 saturated carbocycles. The van der Waals surface area contributed by atoms with Gasteiger partial charge in [0.15, 0.2) is 6.10 Å². The zero-order valence-electron chi connectivity index (χ0n) is 15.2. The monoisotopic (exact) mass is 376 g/mol. The van der Waals surface area contributed by atoms with Crippen molar-refractivity contribution < 1.29 is 17.9 Å². The number of sulfonamides is 1. The quantitative estimate of drug-likeness (QED) is 0.739. The first-order valence-corrected chi connectivity index (χ1v) is 9.95. The van der Waals surface area contributed by atoms with Crippen LogP contribution < -0.4 is 14.8 Å². The van der Waals surface area contributed by atoms with Gasteiger partial charge >= 0.3 is 0 Å². The van der Waals surface area contributed by atoms with Crippen molar-refractivity contribution in [3.63, 3.8) is 0 Å². The smallest absolute Gasteiger partial charge is 0.261 e. The third-order valence-corrected chi connectivity index (χ3v) is 5.21. The first kappa shape index (κ1) is 19.9. The van der Waals surface area contributed by atoms with Crippen molar-refractivity contribution in [2.45, 2.75) is 32.2 Å². The molecule has 0 bridgehead atoms. The Hall–Kier alpha value is -2.38. The number of ether oxygens (including phenoxy) is 1. The van der Waals surface area contributed by atoms with E-state index < -0.39 is 16.1 Å². The van der Waals surface area contributed by atoms with Gasteiger partial charge in [-0.2, -0.15) is 0 Å². The van der Waals surface area contributed by atoms with Crippen molar-refractivity contribution in [1.82, 2.24) is 10.0 Å². The minimum absolute atomic E-state index is 0.134. The highest BCUT2D eigenvalue weighted by Gasteiger charge is 2.16. The maximum Gasteiger partial charge on any atom is 0.261 e. The van der Waals surface area contributed by atoms with Gasteiger partial charge in [0.2, 0.25) is 10.0 Å². The van der Waals surface area contributed by atoms with E-state index in [0.29, 0.717) is 11.3 Å². The van der Waals surface area contributed by atoms with Gasteiger partial charge in [-0.25, -0.2) is 13.1 Å². The molecule has 140 valence electrons. The van der Waals surface area contributed by atoms with Crippen molar-refractivity contribution in [3.8, 4) is 5.75 Å². The molecule has 1 amide bonds. The third-order valence-electron chi connectivity index (χ3n) is 3.90. The van der Waals surface area contributed by atoms with E-state index in [1.54, 1.807) is 31.2 Å². The van der Waals surface area contributed by atoms with Crippen molar-refractivity contribution in [2.24, 2.45) is 0 Å². The predicted octanol–water partition coefficient (Wildman–Crippen LogP) is 2.13. The van der Waals surface area contributed by atoms with E-state index in [2.05, 4.69) is 10.0 Å². The molecular formula is C19H24N2O4S. The Morgan fingerprint density at radius 3 is 2.46 bits per heavy atom. The molecule has 0 aliphatic carbocycles. The molecule has 7 heteroatoms. The fraction of sp³-hybridized carbons (Fsp3) is 0.316. The van der Waals surface area contributed by atoms with Crippen molar-refractivity contribution in [3.05, 3.63) is 65.2 Å². The maximum atomic E-state index is 12.3. The summed E-state index contributed by atoms with van der Waals surface area (Å²) >= 11 is 0. The number of carbonyl (C=O) groups is 1. The van der Waals surface area contributed by atoms with Crippen LogP contribution in [0.2, 0.25) is 0 Å². The number of hydrogen-bond acceptors (Lipinski definition) is 4. The second kappa shape index (κ2) is 8.82. The van der Waals surface area contributed by atoms with Crippen LogP contribution in [-0.2, 0) is 27.1 Å². The molecular weight excluding hydrogens is 352 g/mol. The van der Waals surface area contributed by atoms with Crippen LogP contribution in [-0.4, -0.2) is 27.5 Å². The van der Waals surface area contributed by atoms with E-state index in [-0.39, 0.29) is 18.2 Å². The Morgan fingerprint density at radius 2 is 1.81 bits per heavy atom. The Kier molecular flexibility index (Phi) is 6.76. The average Bonchev–Trinajstić information content (AvgIpc) is 2.60. The second-order valence-electron chi connectivity index (χ2n) is 6.03. The highest BCUT2D eigenvalue weighted by atomic mass is 32.2. The van der Waals surface area contributed by atoms with E-state index >= 15 is 0 Å². The minimum atomic E-state index is -3.38. The van der Waals surface area contributed by atoms with Crippen LogP contribution in [0.15, 0.2) is 48.5 Å². The van der Waals surface area contributed by atoms with E-state index in [4.69, 9.17) is 4.74 Å². The van der Waals surface area contributed by atoms with Crippen molar-refractivity contribution >= 4 is 15.9 Å². The number of benzene rings is 2. The standard InChI is InChI=1S/C19H24N2O4S/c1-14-7-6-10-18(11-14)25-15(2)19(22)21-12-16-8-4-5-9-17(16)13-26(23,24)20-3/h4-11,15,20H,12-13H2,1-3H3,(H,21,22). The zero-order chi connectivity index (χ0) is 19.2. The number of hydrogen-bond donors (Lipinski definition) is 2. The van der Waals surface area contributed by atoms with Gasteiger partial charge in [0.05, 0.1) is 5.75 Å². The van der Waals surface area contributed by atoms with Gasteiger partial charge in [0.1, 0.15) is 5.75 Å². The van der Waals surface area contributed by atoms with E-state index in [1.165, 1.54) is 7.05 Å². The summed E-state index contributed by atoms with van der Waals surface area (Å²) in [7, 11) is -2.00. The van der Waals surface area contributed by atoms with Crippen LogP contribution in [0.3, 0.4) is 0 Å². The number of carbonyl (C=O) groups excluding carboxylic acids is 1. The molecule has 2 aromatic rings. The second-order valence-corrected chi connectivity index (χ2v) is 7.95. The summed E-state index contributed by atoms with van der Waals surface area (Å²) in [6.07, 6.45) is -0.662. The molecule has 0 aliphatic heterocycles. The van der Waals surface area contributed by atoms with Crippen molar-refractivity contribution in [1.29, 1.82) is 0 Å². The lowest BCUT2D eigenvalue weighted by molar-refractivity contribution is -0.127. The zero-order valence-corrected chi connectivity index (χ0v) is 16.0. The fourth-order valence-corrected chi connectivity index (χ4v) is 3.26. The van der Waals surface area contributed by atoms with E-state index in [0.717, 1.165) is 11.1 Å². The van der Waals surface area contributed by atoms with E-state index in [1.807, 2.05) is 31.2 Å². The van der Waals surface area contributed by atoms with Gasteiger partial charge in [-0.05, 0) is 49.7 Å². The number of rotatable bonds is 8. The summed E-state index contributed by atoms with van der Waals surface area (Å²) in [5.74, 6) is 0.233. The van der Waals surface area contributed by atoms with Crippen LogP contribution in [0.25, 0.3) is 0 Å². The molecule has 0 aliphatic rings. The normalized spacial score (nSPS) is 12.4. The molecule has 0 fully saturated rings. The molecule has 2 N–H and O–H groups in total. The summed E-state index contributed by atoms with van der Waals surface area (Å²) in [5, 5.41) is 2.80. The molecule has 2 rings (SSSR count). The largest absolute Gasteiger partial charge is 0.481 e. The lowest BCUT2D eigenvalue weighted by Crippen LogP contribution is -2.36. The summed E-state index contributed by atoms with van der Waals surface area (Å²) in [6, 6.07) is 14.6. The van der Waals surface area contributed by atoms with Gasteiger partial charge in [-0.1, -0.05) is 36.4 Å². The number of amides is 1. The Balaban J connectivity index is 1.99. The predicted molar refractivity (Wildman–Crippen MR) is 101 cm³/mol. The molecule has 0 heterocycles. The van der Waals surface area contributed by atoms with E-state index in [9.17, 15) is 13.2 Å². The fourth-order valence-electron chi connectivity index (χ4n) is 2.42. The first-order chi connectivity index (χ1) is 12.3. The molecule has 2 aromatic carbocycles. The lowest BCUT2D eigenvalue weighted by atomic mass is 10.1. The molecule has 1 atom stereocenters. The number of nitrogens with one attached hydrogen (secondary N) is 2.